The van der Waals surface area contributed by atoms with Gasteiger partial charge in [0.1, 0.15) is 5.01 Å². The number of likely N-dealkylation sites (N-methyl/N-ethyl adjacent to an activating group) is 1. The van der Waals surface area contributed by atoms with Crippen molar-refractivity contribution >= 4 is 23.2 Å². The highest BCUT2D eigenvalue weighted by atomic mass is 32.1. The van der Waals surface area contributed by atoms with Gasteiger partial charge in [-0.05, 0) is 0 Å². The third kappa shape index (κ3) is 4.48. The van der Waals surface area contributed by atoms with E-state index in [1.54, 1.807) is 19.0 Å². The number of carboxylic acid groups (broad SMARTS) is 1. The Morgan fingerprint density at radius 2 is 2.33 bits per heavy atom. The molecule has 116 valence electrons. The Bertz CT molecular complexity index is 517. The van der Waals surface area contributed by atoms with Gasteiger partial charge in [0.2, 0.25) is 5.91 Å². The van der Waals surface area contributed by atoms with Gasteiger partial charge in [-0.1, -0.05) is 0 Å². The first-order valence-corrected chi connectivity index (χ1v) is 7.54. The highest BCUT2D eigenvalue weighted by molar-refractivity contribution is 7.09. The van der Waals surface area contributed by atoms with Crippen LogP contribution in [0.3, 0.4) is 0 Å². The van der Waals surface area contributed by atoms with E-state index in [9.17, 15) is 9.59 Å². The van der Waals surface area contributed by atoms with Crippen molar-refractivity contribution in [3.05, 3.63) is 16.1 Å². The van der Waals surface area contributed by atoms with Crippen LogP contribution in [0, 0.1) is 0 Å². The molecule has 1 atom stereocenters. The number of ether oxygens (including phenoxy) is 1. The monoisotopic (exact) mass is 313 g/mol. The molecule has 0 spiro atoms. The van der Waals surface area contributed by atoms with Crippen molar-refractivity contribution in [3.8, 4) is 0 Å². The normalized spacial score (nSPS) is 19.4. The first kappa shape index (κ1) is 15.9. The van der Waals surface area contributed by atoms with Gasteiger partial charge < -0.3 is 14.7 Å². The molecule has 1 aromatic heterocycles. The quantitative estimate of drug-likeness (QED) is 0.827. The molecule has 1 aliphatic rings. The van der Waals surface area contributed by atoms with Gasteiger partial charge in [0.15, 0.2) is 6.10 Å². The van der Waals surface area contributed by atoms with Crippen molar-refractivity contribution in [1.29, 1.82) is 0 Å². The van der Waals surface area contributed by atoms with E-state index in [2.05, 4.69) is 4.98 Å². The van der Waals surface area contributed by atoms with E-state index in [1.165, 1.54) is 11.3 Å². The van der Waals surface area contributed by atoms with Crippen LogP contribution >= 0.6 is 11.3 Å². The number of thiazole rings is 1. The van der Waals surface area contributed by atoms with E-state index in [4.69, 9.17) is 9.84 Å². The first-order valence-electron chi connectivity index (χ1n) is 6.66. The fraction of sp³-hybridized carbons (Fsp3) is 0.615. The topological polar surface area (TPSA) is 83.0 Å². The van der Waals surface area contributed by atoms with Crippen LogP contribution in [0.25, 0.3) is 0 Å². The van der Waals surface area contributed by atoms with Crippen molar-refractivity contribution in [2.24, 2.45) is 0 Å². The van der Waals surface area contributed by atoms with Gasteiger partial charge in [-0.3, -0.25) is 9.69 Å². The molecule has 2 rings (SSSR count). The lowest BCUT2D eigenvalue weighted by molar-refractivity contribution is -0.156. The molecule has 2 heterocycles. The number of carbonyl (C=O) groups is 2. The second-order valence-corrected chi connectivity index (χ2v) is 6.07. The van der Waals surface area contributed by atoms with E-state index in [1.807, 2.05) is 10.3 Å². The highest BCUT2D eigenvalue weighted by Gasteiger charge is 2.26. The Morgan fingerprint density at radius 1 is 1.57 bits per heavy atom. The molecular weight excluding hydrogens is 294 g/mol. The SMILES string of the molecule is CN(C)C(=O)Cc1nc(CN2CCOC(C(=O)O)C2)cs1. The fourth-order valence-electron chi connectivity index (χ4n) is 2.01. The Morgan fingerprint density at radius 3 is 3.00 bits per heavy atom. The number of morpholine rings is 1. The maximum absolute atomic E-state index is 11.6. The second-order valence-electron chi connectivity index (χ2n) is 5.13. The number of nitrogens with zero attached hydrogens (tertiary/aromatic N) is 3. The molecule has 0 radical (unpaired) electrons. The summed E-state index contributed by atoms with van der Waals surface area (Å²) in [5, 5.41) is 11.7. The van der Waals surface area contributed by atoms with Crippen LogP contribution in [0.1, 0.15) is 10.7 Å². The van der Waals surface area contributed by atoms with E-state index in [-0.39, 0.29) is 5.91 Å². The summed E-state index contributed by atoms with van der Waals surface area (Å²) in [5.41, 5.74) is 0.868. The van der Waals surface area contributed by atoms with Gasteiger partial charge in [0.05, 0.1) is 18.7 Å². The van der Waals surface area contributed by atoms with Crippen LogP contribution in [-0.4, -0.2) is 71.7 Å². The fourth-order valence-corrected chi connectivity index (χ4v) is 2.79. The maximum Gasteiger partial charge on any atom is 0.334 e. The summed E-state index contributed by atoms with van der Waals surface area (Å²) >= 11 is 1.46. The first-order chi connectivity index (χ1) is 9.95. The zero-order chi connectivity index (χ0) is 15.4. The Hall–Kier alpha value is -1.51. The van der Waals surface area contributed by atoms with Gasteiger partial charge in [-0.15, -0.1) is 11.3 Å². The van der Waals surface area contributed by atoms with Crippen LogP contribution in [-0.2, 0) is 27.3 Å². The summed E-state index contributed by atoms with van der Waals surface area (Å²) < 4.78 is 5.18. The average Bonchev–Trinajstić information content (AvgIpc) is 2.86. The van der Waals surface area contributed by atoms with Crippen molar-refractivity contribution in [1.82, 2.24) is 14.8 Å². The van der Waals surface area contributed by atoms with Crippen LogP contribution in [0.4, 0.5) is 0 Å². The van der Waals surface area contributed by atoms with Crippen LogP contribution in [0.5, 0.6) is 0 Å². The van der Waals surface area contributed by atoms with Gasteiger partial charge in [0, 0.05) is 39.1 Å². The summed E-state index contributed by atoms with van der Waals surface area (Å²) in [6.45, 7) is 2.04. The Kier molecular flexibility index (Phi) is 5.27. The van der Waals surface area contributed by atoms with Crippen molar-refractivity contribution in [2.45, 2.75) is 19.1 Å². The maximum atomic E-state index is 11.6. The molecule has 0 aliphatic carbocycles. The number of hydrogen-bond acceptors (Lipinski definition) is 6. The number of carboxylic acids is 1. The number of aromatic nitrogens is 1. The van der Waals surface area contributed by atoms with E-state index >= 15 is 0 Å². The number of hydrogen-bond donors (Lipinski definition) is 1. The van der Waals surface area contributed by atoms with Crippen molar-refractivity contribution in [3.63, 3.8) is 0 Å². The molecule has 1 N–H and O–H groups in total. The molecule has 1 amide bonds. The summed E-state index contributed by atoms with van der Waals surface area (Å²) in [6.07, 6.45) is -0.467. The minimum atomic E-state index is -0.935. The highest BCUT2D eigenvalue weighted by Crippen LogP contribution is 2.15. The zero-order valence-electron chi connectivity index (χ0n) is 12.1. The van der Waals surface area contributed by atoms with Gasteiger partial charge in [-0.25, -0.2) is 9.78 Å². The van der Waals surface area contributed by atoms with Crippen LogP contribution in [0.2, 0.25) is 0 Å². The van der Waals surface area contributed by atoms with E-state index < -0.39 is 12.1 Å². The van der Waals surface area contributed by atoms with Gasteiger partial charge in [-0.2, -0.15) is 0 Å². The molecule has 21 heavy (non-hydrogen) atoms. The summed E-state index contributed by atoms with van der Waals surface area (Å²) in [7, 11) is 3.44. The molecule has 1 unspecified atom stereocenters. The second kappa shape index (κ2) is 6.97. The Balaban J connectivity index is 1.90. The number of aliphatic carboxylic acids is 1. The molecule has 1 aliphatic heterocycles. The molecule has 0 bridgehead atoms. The minimum Gasteiger partial charge on any atom is -0.479 e. The van der Waals surface area contributed by atoms with E-state index in [0.29, 0.717) is 32.7 Å². The van der Waals surface area contributed by atoms with Gasteiger partial charge in [0.25, 0.3) is 0 Å². The summed E-state index contributed by atoms with van der Waals surface area (Å²) in [6, 6.07) is 0. The summed E-state index contributed by atoms with van der Waals surface area (Å²) in [4.78, 5) is 30.6. The minimum absolute atomic E-state index is 0.0215. The average molecular weight is 313 g/mol. The molecule has 0 saturated carbocycles. The molecule has 1 fully saturated rings. The van der Waals surface area contributed by atoms with Crippen LogP contribution in [0.15, 0.2) is 5.38 Å². The Labute approximate surface area is 127 Å². The molecule has 1 saturated heterocycles. The van der Waals surface area contributed by atoms with Crippen molar-refractivity contribution < 1.29 is 19.4 Å². The lowest BCUT2D eigenvalue weighted by Crippen LogP contribution is -2.45. The molecule has 8 heteroatoms. The summed E-state index contributed by atoms with van der Waals surface area (Å²) in [5.74, 6) is -0.913. The zero-order valence-corrected chi connectivity index (χ0v) is 12.9. The van der Waals surface area contributed by atoms with Crippen molar-refractivity contribution in [2.75, 3.05) is 33.8 Å². The lowest BCUT2D eigenvalue weighted by Gasteiger charge is -2.30. The predicted octanol–water partition coefficient (Wildman–Crippen LogP) is 0.0592. The van der Waals surface area contributed by atoms with E-state index in [0.717, 1.165) is 10.7 Å². The third-order valence-electron chi connectivity index (χ3n) is 3.21. The number of rotatable bonds is 5. The molecule has 0 aromatic carbocycles. The molecule has 1 aromatic rings. The van der Waals surface area contributed by atoms with Crippen LogP contribution < -0.4 is 0 Å². The molecule has 7 nitrogen and oxygen atoms in total. The standard InChI is InChI=1S/C13H19N3O4S/c1-15(2)12(17)5-11-14-9(8-21-11)6-16-3-4-20-10(7-16)13(18)19/h8,10H,3-7H2,1-2H3,(H,18,19). The predicted molar refractivity (Wildman–Crippen MR) is 77.2 cm³/mol. The smallest absolute Gasteiger partial charge is 0.334 e. The van der Waals surface area contributed by atoms with Gasteiger partial charge >= 0.3 is 5.97 Å². The number of carbonyl (C=O) groups excluding carboxylic acids is 1. The lowest BCUT2D eigenvalue weighted by atomic mass is 10.2. The third-order valence-corrected chi connectivity index (χ3v) is 4.11. The molecular formula is C13H19N3O4S. The number of amides is 1. The largest absolute Gasteiger partial charge is 0.479 e.